The molecule has 0 aliphatic heterocycles. The van der Waals surface area contributed by atoms with Crippen molar-refractivity contribution in [1.82, 2.24) is 0 Å². The Morgan fingerprint density at radius 1 is 1.15 bits per heavy atom. The molecule has 0 unspecified atom stereocenters. The van der Waals surface area contributed by atoms with Crippen molar-refractivity contribution >= 4 is 5.78 Å². The highest BCUT2D eigenvalue weighted by atomic mass is 16.3. The molecule has 20 heavy (non-hydrogen) atoms. The molecule has 0 spiro atoms. The Morgan fingerprint density at radius 3 is 2.35 bits per heavy atom. The minimum atomic E-state index is -0.619. The molecule has 2 rings (SSSR count). The van der Waals surface area contributed by atoms with Crippen molar-refractivity contribution in [3.05, 3.63) is 35.4 Å². The van der Waals surface area contributed by atoms with Crippen molar-refractivity contribution < 1.29 is 9.90 Å². The Morgan fingerprint density at radius 2 is 1.75 bits per heavy atom. The van der Waals surface area contributed by atoms with E-state index in [0.717, 1.165) is 36.8 Å². The minimum absolute atomic E-state index is 0.160. The molecule has 1 N–H and O–H groups in total. The van der Waals surface area contributed by atoms with E-state index in [4.69, 9.17) is 0 Å². The normalized spacial score (nSPS) is 18.8. The molecule has 0 aromatic heterocycles. The predicted molar refractivity (Wildman–Crippen MR) is 82.0 cm³/mol. The van der Waals surface area contributed by atoms with Crippen molar-refractivity contribution in [3.63, 3.8) is 0 Å². The zero-order chi connectivity index (χ0) is 14.8. The molecule has 1 fully saturated rings. The summed E-state index contributed by atoms with van der Waals surface area (Å²) < 4.78 is 0. The summed E-state index contributed by atoms with van der Waals surface area (Å²) in [6.07, 6.45) is 5.70. The molecule has 0 heterocycles. The van der Waals surface area contributed by atoms with E-state index in [0.29, 0.717) is 6.42 Å². The van der Waals surface area contributed by atoms with Crippen molar-refractivity contribution in [2.45, 2.75) is 64.9 Å². The van der Waals surface area contributed by atoms with E-state index >= 15 is 0 Å². The summed E-state index contributed by atoms with van der Waals surface area (Å²) in [5, 5.41) is 10.7. The lowest BCUT2D eigenvalue weighted by Crippen LogP contribution is -2.34. The van der Waals surface area contributed by atoms with E-state index < -0.39 is 5.60 Å². The first kappa shape index (κ1) is 15.2. The van der Waals surface area contributed by atoms with Crippen LogP contribution in [0, 0.1) is 5.41 Å². The number of carbonyl (C=O) groups excluding carboxylic acids is 1. The Kier molecular flexibility index (Phi) is 4.33. The molecule has 0 amide bonds. The van der Waals surface area contributed by atoms with Gasteiger partial charge < -0.3 is 5.11 Å². The quantitative estimate of drug-likeness (QED) is 0.841. The summed E-state index contributed by atoms with van der Waals surface area (Å²) in [7, 11) is 0. The number of ketones is 1. The van der Waals surface area contributed by atoms with Crippen LogP contribution in [0.5, 0.6) is 0 Å². The number of benzene rings is 1. The van der Waals surface area contributed by atoms with Crippen LogP contribution in [0.15, 0.2) is 24.3 Å². The van der Waals surface area contributed by atoms with Gasteiger partial charge in [-0.3, -0.25) is 4.79 Å². The van der Waals surface area contributed by atoms with Gasteiger partial charge in [0, 0.05) is 17.4 Å². The van der Waals surface area contributed by atoms with Gasteiger partial charge in [-0.25, -0.2) is 0 Å². The molecule has 2 heteroatoms. The van der Waals surface area contributed by atoms with Gasteiger partial charge in [-0.05, 0) is 18.4 Å². The Balaban J connectivity index is 2.26. The molecule has 1 aromatic carbocycles. The van der Waals surface area contributed by atoms with Crippen LogP contribution in [0.3, 0.4) is 0 Å². The molecule has 110 valence electrons. The number of hydrogen-bond acceptors (Lipinski definition) is 2. The van der Waals surface area contributed by atoms with Crippen LogP contribution in [-0.4, -0.2) is 16.5 Å². The third kappa shape index (κ3) is 3.49. The maximum atomic E-state index is 12.6. The summed E-state index contributed by atoms with van der Waals surface area (Å²) >= 11 is 0. The van der Waals surface area contributed by atoms with Crippen LogP contribution in [0.4, 0.5) is 0 Å². The Labute approximate surface area is 122 Å². The second-order valence-electron chi connectivity index (χ2n) is 7.20. The molecule has 0 bridgehead atoms. The molecule has 0 saturated heterocycles. The lowest BCUT2D eigenvalue weighted by Gasteiger charge is -2.33. The molecular formula is C18H26O2. The van der Waals surface area contributed by atoms with Gasteiger partial charge in [-0.15, -0.1) is 0 Å². The third-order valence-electron chi connectivity index (χ3n) is 4.25. The summed E-state index contributed by atoms with van der Waals surface area (Å²) in [5.74, 6) is 0.160. The average Bonchev–Trinajstić information content (AvgIpc) is 2.38. The number of carbonyl (C=O) groups is 1. The topological polar surface area (TPSA) is 37.3 Å². The number of rotatable bonds is 3. The van der Waals surface area contributed by atoms with Gasteiger partial charge >= 0.3 is 0 Å². The van der Waals surface area contributed by atoms with Gasteiger partial charge in [0.05, 0.1) is 5.60 Å². The zero-order valence-corrected chi connectivity index (χ0v) is 12.9. The first-order valence-electron chi connectivity index (χ1n) is 7.67. The lowest BCUT2D eigenvalue weighted by molar-refractivity contribution is 0.00434. The zero-order valence-electron chi connectivity index (χ0n) is 12.9. The van der Waals surface area contributed by atoms with E-state index in [9.17, 15) is 9.90 Å². The van der Waals surface area contributed by atoms with Crippen LogP contribution < -0.4 is 0 Å². The molecule has 0 radical (unpaired) electrons. The van der Waals surface area contributed by atoms with Gasteiger partial charge in [0.2, 0.25) is 0 Å². The number of Topliss-reactive ketones (excluding diaryl/α,β-unsaturated/α-hetero) is 1. The molecule has 1 saturated carbocycles. The van der Waals surface area contributed by atoms with Crippen molar-refractivity contribution in [2.75, 3.05) is 0 Å². The van der Waals surface area contributed by atoms with Crippen LogP contribution >= 0.6 is 0 Å². The maximum absolute atomic E-state index is 12.6. The van der Waals surface area contributed by atoms with E-state index in [1.54, 1.807) is 0 Å². The van der Waals surface area contributed by atoms with Crippen LogP contribution in [0.1, 0.15) is 68.8 Å². The average molecular weight is 274 g/mol. The van der Waals surface area contributed by atoms with Crippen molar-refractivity contribution in [3.8, 4) is 0 Å². The Bertz CT molecular complexity index is 476. The molecule has 0 atom stereocenters. The van der Waals surface area contributed by atoms with Gasteiger partial charge in [0.25, 0.3) is 0 Å². The first-order valence-corrected chi connectivity index (χ1v) is 7.67. The van der Waals surface area contributed by atoms with E-state index in [2.05, 4.69) is 0 Å². The largest absolute Gasteiger partial charge is 0.390 e. The van der Waals surface area contributed by atoms with Gasteiger partial charge in [-0.1, -0.05) is 64.3 Å². The fourth-order valence-corrected chi connectivity index (χ4v) is 3.04. The Hall–Kier alpha value is -1.15. The van der Waals surface area contributed by atoms with E-state index in [-0.39, 0.29) is 11.2 Å². The molecular weight excluding hydrogens is 248 g/mol. The second-order valence-corrected chi connectivity index (χ2v) is 7.20. The van der Waals surface area contributed by atoms with Crippen LogP contribution in [-0.2, 0) is 6.42 Å². The SMILES string of the molecule is CC(C)(C)C(=O)c1ccccc1CC1(O)CCCCC1. The van der Waals surface area contributed by atoms with E-state index in [1.165, 1.54) is 6.42 Å². The highest BCUT2D eigenvalue weighted by Crippen LogP contribution is 2.33. The van der Waals surface area contributed by atoms with Crippen LogP contribution in [0.25, 0.3) is 0 Å². The molecule has 1 aliphatic rings. The fourth-order valence-electron chi connectivity index (χ4n) is 3.04. The van der Waals surface area contributed by atoms with Gasteiger partial charge in [0.1, 0.15) is 0 Å². The number of hydrogen-bond donors (Lipinski definition) is 1. The fraction of sp³-hybridized carbons (Fsp3) is 0.611. The highest BCUT2D eigenvalue weighted by Gasteiger charge is 2.32. The van der Waals surface area contributed by atoms with Crippen molar-refractivity contribution in [1.29, 1.82) is 0 Å². The lowest BCUT2D eigenvalue weighted by atomic mass is 9.77. The third-order valence-corrected chi connectivity index (χ3v) is 4.25. The summed E-state index contributed by atoms with van der Waals surface area (Å²) in [6.45, 7) is 5.84. The van der Waals surface area contributed by atoms with Gasteiger partial charge in [-0.2, -0.15) is 0 Å². The standard InChI is InChI=1S/C18H26O2/c1-17(2,3)16(19)15-10-6-5-9-14(15)13-18(20)11-7-4-8-12-18/h5-6,9-10,20H,4,7-8,11-13H2,1-3H3. The second kappa shape index (κ2) is 5.69. The highest BCUT2D eigenvalue weighted by molar-refractivity contribution is 6.01. The maximum Gasteiger partial charge on any atom is 0.168 e. The summed E-state index contributed by atoms with van der Waals surface area (Å²) in [5.41, 5.74) is 0.772. The monoisotopic (exact) mass is 274 g/mol. The first-order chi connectivity index (χ1) is 9.32. The smallest absolute Gasteiger partial charge is 0.168 e. The van der Waals surface area contributed by atoms with Gasteiger partial charge in [0.15, 0.2) is 5.78 Å². The van der Waals surface area contributed by atoms with Crippen LogP contribution in [0.2, 0.25) is 0 Å². The molecule has 1 aliphatic carbocycles. The van der Waals surface area contributed by atoms with E-state index in [1.807, 2.05) is 45.0 Å². The summed E-state index contributed by atoms with van der Waals surface area (Å²) in [4.78, 5) is 12.6. The predicted octanol–water partition coefficient (Wildman–Crippen LogP) is 4.15. The summed E-state index contributed by atoms with van der Waals surface area (Å²) in [6, 6.07) is 7.76. The number of aliphatic hydroxyl groups is 1. The van der Waals surface area contributed by atoms with Crippen molar-refractivity contribution in [2.24, 2.45) is 5.41 Å². The molecule has 2 nitrogen and oxygen atoms in total. The minimum Gasteiger partial charge on any atom is -0.390 e. The molecule has 1 aromatic rings.